The van der Waals surface area contributed by atoms with Gasteiger partial charge in [0, 0.05) is 24.0 Å². The Morgan fingerprint density at radius 1 is 1.36 bits per heavy atom. The van der Waals surface area contributed by atoms with Crippen LogP contribution in [0.4, 0.5) is 11.4 Å². The monoisotopic (exact) mass is 192 g/mol. The minimum absolute atomic E-state index is 0.530. The van der Waals surface area contributed by atoms with Gasteiger partial charge in [0.05, 0.1) is 0 Å². The summed E-state index contributed by atoms with van der Waals surface area (Å²) in [5.74, 6) is 0. The van der Waals surface area contributed by atoms with Crippen LogP contribution in [0, 0.1) is 6.92 Å². The first kappa shape index (κ1) is 10.9. The average Bonchev–Trinajstić information content (AvgIpc) is 2.09. The van der Waals surface area contributed by atoms with E-state index in [9.17, 15) is 0 Å². The summed E-state index contributed by atoms with van der Waals surface area (Å²) in [7, 11) is 0. The molecule has 0 heterocycles. The summed E-state index contributed by atoms with van der Waals surface area (Å²) in [5, 5.41) is 0. The molecule has 1 aromatic carbocycles. The van der Waals surface area contributed by atoms with E-state index in [1.54, 1.807) is 0 Å². The van der Waals surface area contributed by atoms with E-state index in [0.717, 1.165) is 12.2 Å². The number of anilines is 2. The van der Waals surface area contributed by atoms with Crippen molar-refractivity contribution in [2.24, 2.45) is 0 Å². The second-order valence-electron chi connectivity index (χ2n) is 3.93. The SMILES string of the molecule is CCN(c1ccc(N)cc1C)C(C)C. The lowest BCUT2D eigenvalue weighted by atomic mass is 10.1. The molecular formula is C12H20N2. The third kappa shape index (κ3) is 2.19. The molecular weight excluding hydrogens is 172 g/mol. The van der Waals surface area contributed by atoms with Crippen LogP contribution in [0.2, 0.25) is 0 Å². The number of hydrogen-bond donors (Lipinski definition) is 1. The highest BCUT2D eigenvalue weighted by Crippen LogP contribution is 2.23. The zero-order valence-corrected chi connectivity index (χ0v) is 9.54. The van der Waals surface area contributed by atoms with E-state index in [0.29, 0.717) is 6.04 Å². The molecule has 0 radical (unpaired) electrons. The van der Waals surface area contributed by atoms with Crippen molar-refractivity contribution in [2.75, 3.05) is 17.2 Å². The van der Waals surface area contributed by atoms with Gasteiger partial charge in [0.15, 0.2) is 0 Å². The Bertz CT molecular complexity index is 305. The Kier molecular flexibility index (Phi) is 3.39. The van der Waals surface area contributed by atoms with Gasteiger partial charge >= 0.3 is 0 Å². The van der Waals surface area contributed by atoms with E-state index < -0.39 is 0 Å². The highest BCUT2D eigenvalue weighted by atomic mass is 15.1. The van der Waals surface area contributed by atoms with Gasteiger partial charge in [0.1, 0.15) is 0 Å². The summed E-state index contributed by atoms with van der Waals surface area (Å²) in [5.41, 5.74) is 9.10. The highest BCUT2D eigenvalue weighted by Gasteiger charge is 2.10. The van der Waals surface area contributed by atoms with Crippen molar-refractivity contribution >= 4 is 11.4 Å². The van der Waals surface area contributed by atoms with Crippen LogP contribution in [-0.4, -0.2) is 12.6 Å². The van der Waals surface area contributed by atoms with E-state index in [-0.39, 0.29) is 0 Å². The van der Waals surface area contributed by atoms with Crippen molar-refractivity contribution in [3.63, 3.8) is 0 Å². The van der Waals surface area contributed by atoms with Gasteiger partial charge in [0.25, 0.3) is 0 Å². The molecule has 2 N–H and O–H groups in total. The lowest BCUT2D eigenvalue weighted by Gasteiger charge is -2.29. The van der Waals surface area contributed by atoms with Gasteiger partial charge in [-0.05, 0) is 51.5 Å². The Balaban J connectivity index is 3.04. The summed E-state index contributed by atoms with van der Waals surface area (Å²) in [6.07, 6.45) is 0. The number of rotatable bonds is 3. The summed E-state index contributed by atoms with van der Waals surface area (Å²) in [6, 6.07) is 6.63. The third-order valence-corrected chi connectivity index (χ3v) is 2.49. The second-order valence-corrected chi connectivity index (χ2v) is 3.93. The number of hydrogen-bond acceptors (Lipinski definition) is 2. The molecule has 0 spiro atoms. The van der Waals surface area contributed by atoms with Crippen LogP contribution >= 0.6 is 0 Å². The van der Waals surface area contributed by atoms with Gasteiger partial charge in [-0.25, -0.2) is 0 Å². The van der Waals surface area contributed by atoms with Crippen molar-refractivity contribution in [3.8, 4) is 0 Å². The van der Waals surface area contributed by atoms with Crippen molar-refractivity contribution < 1.29 is 0 Å². The van der Waals surface area contributed by atoms with Crippen LogP contribution in [0.1, 0.15) is 26.3 Å². The fourth-order valence-electron chi connectivity index (χ4n) is 1.81. The molecule has 0 aliphatic heterocycles. The molecule has 78 valence electrons. The molecule has 1 aromatic rings. The number of benzene rings is 1. The maximum Gasteiger partial charge on any atom is 0.0399 e. The first-order valence-corrected chi connectivity index (χ1v) is 5.19. The molecule has 2 nitrogen and oxygen atoms in total. The van der Waals surface area contributed by atoms with Crippen LogP contribution < -0.4 is 10.6 Å². The van der Waals surface area contributed by atoms with Gasteiger partial charge in [0.2, 0.25) is 0 Å². The molecule has 0 aromatic heterocycles. The van der Waals surface area contributed by atoms with Crippen LogP contribution in [0.15, 0.2) is 18.2 Å². The van der Waals surface area contributed by atoms with Crippen LogP contribution in [0.3, 0.4) is 0 Å². The standard InChI is InChI=1S/C12H20N2/c1-5-14(9(2)3)12-7-6-11(13)8-10(12)4/h6-9H,5,13H2,1-4H3. The van der Waals surface area contributed by atoms with Crippen molar-refractivity contribution in [1.82, 2.24) is 0 Å². The zero-order chi connectivity index (χ0) is 10.7. The van der Waals surface area contributed by atoms with Crippen molar-refractivity contribution in [3.05, 3.63) is 23.8 Å². The smallest absolute Gasteiger partial charge is 0.0399 e. The van der Waals surface area contributed by atoms with E-state index in [2.05, 4.69) is 38.7 Å². The Hall–Kier alpha value is -1.18. The predicted octanol–water partition coefficient (Wildman–Crippen LogP) is 2.81. The predicted molar refractivity (Wildman–Crippen MR) is 63.7 cm³/mol. The van der Waals surface area contributed by atoms with Gasteiger partial charge in [-0.3, -0.25) is 0 Å². The highest BCUT2D eigenvalue weighted by molar-refractivity contribution is 5.59. The molecule has 0 aliphatic rings. The molecule has 0 bridgehead atoms. The summed E-state index contributed by atoms with van der Waals surface area (Å²) >= 11 is 0. The quantitative estimate of drug-likeness (QED) is 0.746. The second kappa shape index (κ2) is 4.36. The maximum atomic E-state index is 5.73. The van der Waals surface area contributed by atoms with E-state index in [4.69, 9.17) is 5.73 Å². The first-order valence-electron chi connectivity index (χ1n) is 5.19. The molecule has 0 atom stereocenters. The molecule has 0 aliphatic carbocycles. The van der Waals surface area contributed by atoms with Crippen LogP contribution in [-0.2, 0) is 0 Å². The normalized spacial score (nSPS) is 10.6. The van der Waals surface area contributed by atoms with Crippen molar-refractivity contribution in [2.45, 2.75) is 33.7 Å². The lowest BCUT2D eigenvalue weighted by molar-refractivity contribution is 0.702. The number of nitrogen functional groups attached to an aromatic ring is 1. The van der Waals surface area contributed by atoms with Gasteiger partial charge in [-0.15, -0.1) is 0 Å². The topological polar surface area (TPSA) is 29.3 Å². The Morgan fingerprint density at radius 3 is 2.43 bits per heavy atom. The maximum absolute atomic E-state index is 5.73. The molecule has 0 unspecified atom stereocenters. The molecule has 1 rings (SSSR count). The van der Waals surface area contributed by atoms with Crippen molar-refractivity contribution in [1.29, 1.82) is 0 Å². The molecule has 14 heavy (non-hydrogen) atoms. The Labute approximate surface area is 86.7 Å². The molecule has 0 fully saturated rings. The summed E-state index contributed by atoms with van der Waals surface area (Å²) < 4.78 is 0. The summed E-state index contributed by atoms with van der Waals surface area (Å²) in [6.45, 7) is 9.73. The van der Waals surface area contributed by atoms with Gasteiger partial charge in [-0.2, -0.15) is 0 Å². The number of nitrogens with zero attached hydrogens (tertiary/aromatic N) is 1. The fourth-order valence-corrected chi connectivity index (χ4v) is 1.81. The third-order valence-electron chi connectivity index (χ3n) is 2.49. The Morgan fingerprint density at radius 2 is 2.00 bits per heavy atom. The lowest BCUT2D eigenvalue weighted by Crippen LogP contribution is -2.30. The van der Waals surface area contributed by atoms with Crippen LogP contribution in [0.5, 0.6) is 0 Å². The number of nitrogens with two attached hydrogens (primary N) is 1. The van der Waals surface area contributed by atoms with Gasteiger partial charge < -0.3 is 10.6 Å². The molecule has 2 heteroatoms. The molecule has 0 saturated carbocycles. The molecule has 0 saturated heterocycles. The largest absolute Gasteiger partial charge is 0.399 e. The van der Waals surface area contributed by atoms with Crippen LogP contribution in [0.25, 0.3) is 0 Å². The minimum Gasteiger partial charge on any atom is -0.399 e. The molecule has 0 amide bonds. The summed E-state index contributed by atoms with van der Waals surface area (Å²) in [4.78, 5) is 2.37. The average molecular weight is 192 g/mol. The number of aryl methyl sites for hydroxylation is 1. The van der Waals surface area contributed by atoms with E-state index >= 15 is 0 Å². The first-order chi connectivity index (χ1) is 6.56. The van der Waals surface area contributed by atoms with E-state index in [1.807, 2.05) is 12.1 Å². The minimum atomic E-state index is 0.530. The zero-order valence-electron chi connectivity index (χ0n) is 9.54. The van der Waals surface area contributed by atoms with Gasteiger partial charge in [-0.1, -0.05) is 0 Å². The van der Waals surface area contributed by atoms with E-state index in [1.165, 1.54) is 11.3 Å². The fraction of sp³-hybridized carbons (Fsp3) is 0.500.